The van der Waals surface area contributed by atoms with E-state index in [1.807, 2.05) is 19.1 Å². The fourth-order valence-corrected chi connectivity index (χ4v) is 8.13. The molecule has 1 N–H and O–H groups in total. The number of hydrogen-bond acceptors (Lipinski definition) is 4. The number of carbonyl (C=O) groups is 3. The van der Waals surface area contributed by atoms with Gasteiger partial charge in [-0.15, -0.1) is 11.3 Å². The molecule has 1 aromatic rings. The maximum Gasteiger partial charge on any atom is 0.265 e. The Labute approximate surface area is 167 Å². The molecule has 0 spiro atoms. The average Bonchev–Trinajstić information content (AvgIpc) is 2.95. The number of ketones is 1. The molecule has 7 heteroatoms. The molecule has 0 aromatic carbocycles. The lowest BCUT2D eigenvalue weighted by atomic mass is 10.2. The van der Waals surface area contributed by atoms with Crippen molar-refractivity contribution in [2.24, 2.45) is 0 Å². The first-order valence-corrected chi connectivity index (χ1v) is 11.7. The Balaban J connectivity index is 0. The van der Waals surface area contributed by atoms with Gasteiger partial charge in [0.15, 0.2) is 5.78 Å². The molecular formula is C18H31BrNO3PS. The van der Waals surface area contributed by atoms with E-state index in [4.69, 9.17) is 4.79 Å². The predicted molar refractivity (Wildman–Crippen MR) is 107 cm³/mol. The molecule has 0 saturated carbocycles. The van der Waals surface area contributed by atoms with Gasteiger partial charge in [0.05, 0.1) is 29.1 Å². The molecule has 1 heterocycles. The van der Waals surface area contributed by atoms with E-state index in [1.165, 1.54) is 11.3 Å². The quantitative estimate of drug-likeness (QED) is 0.484. The maximum absolute atomic E-state index is 12.9. The minimum atomic E-state index is -1.27. The van der Waals surface area contributed by atoms with Gasteiger partial charge in [-0.1, -0.05) is 6.92 Å². The Morgan fingerprint density at radius 2 is 1.64 bits per heavy atom. The van der Waals surface area contributed by atoms with Crippen LogP contribution in [-0.4, -0.2) is 42.6 Å². The molecule has 1 aromatic heterocycles. The Kier molecular flexibility index (Phi) is 13.6. The predicted octanol–water partition coefficient (Wildman–Crippen LogP) is 1.87. The lowest BCUT2D eigenvalue weighted by Gasteiger charge is -2.31. The molecule has 0 radical (unpaired) electrons. The third kappa shape index (κ3) is 6.26. The number of hydrogen-bond donors (Lipinski definition) is 1. The highest BCUT2D eigenvalue weighted by Gasteiger charge is 2.44. The summed E-state index contributed by atoms with van der Waals surface area (Å²) in [5.41, 5.74) is 1.79. The molecular weight excluding hydrogens is 421 g/mol. The molecule has 0 aliphatic carbocycles. The van der Waals surface area contributed by atoms with E-state index in [1.54, 1.807) is 6.92 Å². The van der Waals surface area contributed by atoms with Gasteiger partial charge in [0.25, 0.3) is 5.91 Å². The lowest BCUT2D eigenvalue weighted by Crippen LogP contribution is -3.00. The van der Waals surface area contributed by atoms with Crippen molar-refractivity contribution in [3.05, 3.63) is 15.8 Å². The van der Waals surface area contributed by atoms with Crippen LogP contribution in [0.3, 0.4) is 0 Å². The Bertz CT molecular complexity index is 550. The minimum Gasteiger partial charge on any atom is -1.00 e. The molecule has 0 aliphatic rings. The number of Topliss-reactive ketones (excluding diaryl/α,β-unsaturated/α-hetero) is 1. The van der Waals surface area contributed by atoms with Crippen LogP contribution in [0.4, 0.5) is 5.69 Å². The summed E-state index contributed by atoms with van der Waals surface area (Å²) in [7, 11) is -1.27. The highest BCUT2D eigenvalue weighted by atomic mass is 79.9. The molecule has 1 rings (SSSR count). The van der Waals surface area contributed by atoms with Crippen LogP contribution in [0.15, 0.2) is 5.38 Å². The van der Waals surface area contributed by atoms with Crippen molar-refractivity contribution in [1.29, 1.82) is 0 Å². The van der Waals surface area contributed by atoms with E-state index >= 15 is 0 Å². The van der Waals surface area contributed by atoms with Gasteiger partial charge in [-0.05, 0) is 45.1 Å². The van der Waals surface area contributed by atoms with Crippen LogP contribution in [0, 0.1) is 6.92 Å². The van der Waals surface area contributed by atoms with Gasteiger partial charge >= 0.3 is 0 Å². The van der Waals surface area contributed by atoms with Crippen LogP contribution < -0.4 is 22.3 Å². The molecule has 4 nitrogen and oxygen atoms in total. The van der Waals surface area contributed by atoms with E-state index in [0.717, 1.165) is 36.2 Å². The van der Waals surface area contributed by atoms with Crippen LogP contribution in [0.25, 0.3) is 0 Å². The van der Waals surface area contributed by atoms with Gasteiger partial charge in [0.2, 0.25) is 0 Å². The number of carbonyl (C=O) groups excluding carboxylic acids is 3. The average molecular weight is 452 g/mol. The normalized spacial score (nSPS) is 11.6. The zero-order chi connectivity index (χ0) is 18.9. The smallest absolute Gasteiger partial charge is 0.265 e. The molecule has 0 saturated heterocycles. The summed E-state index contributed by atoms with van der Waals surface area (Å²) in [6.45, 7) is 14.3. The number of thiophene rings is 1. The van der Waals surface area contributed by atoms with E-state index in [9.17, 15) is 9.59 Å². The second kappa shape index (κ2) is 12.7. The molecule has 0 aliphatic heterocycles. The van der Waals surface area contributed by atoms with Crippen LogP contribution in [-0.2, 0) is 9.59 Å². The van der Waals surface area contributed by atoms with E-state index in [2.05, 4.69) is 33.0 Å². The molecule has 0 bridgehead atoms. The number of halogens is 1. The minimum absolute atomic E-state index is 0. The zero-order valence-electron chi connectivity index (χ0n) is 16.1. The second-order valence-corrected chi connectivity index (χ2v) is 11.6. The highest BCUT2D eigenvalue weighted by molar-refractivity contribution is 7.77. The number of rotatable bonds is 8. The van der Waals surface area contributed by atoms with E-state index in [-0.39, 0.29) is 34.3 Å². The number of nitrogens with one attached hydrogen (secondary N) is 1. The van der Waals surface area contributed by atoms with Crippen LogP contribution in [0.1, 0.15) is 56.3 Å². The Hall–Kier alpha value is -0.580. The molecule has 1 unspecified atom stereocenters. The molecule has 0 fully saturated rings. The summed E-state index contributed by atoms with van der Waals surface area (Å²) in [6.07, 6.45) is 4.18. The first kappa shape index (κ1) is 26.6. The van der Waals surface area contributed by atoms with Gasteiger partial charge in [-0.25, -0.2) is 0 Å². The van der Waals surface area contributed by atoms with Gasteiger partial charge in [-0.3, -0.25) is 9.59 Å². The molecule has 25 heavy (non-hydrogen) atoms. The Morgan fingerprint density at radius 1 is 1.16 bits per heavy atom. The summed E-state index contributed by atoms with van der Waals surface area (Å²) >= 11 is 1.42. The SMILES string of the molecule is C=O.CCC(C(=O)Nc1c(C)csc1C(C)=O)[P+](CC)(CC)CC.[Br-]. The monoisotopic (exact) mass is 451 g/mol. The number of aryl methyl sites for hydroxylation is 1. The largest absolute Gasteiger partial charge is 1.00 e. The van der Waals surface area contributed by atoms with Gasteiger partial charge in [0, 0.05) is 14.2 Å². The first-order chi connectivity index (χ1) is 11.4. The van der Waals surface area contributed by atoms with Crippen molar-refractivity contribution < 1.29 is 31.4 Å². The fraction of sp³-hybridized carbons (Fsp3) is 0.611. The van der Waals surface area contributed by atoms with Crippen LogP contribution in [0.2, 0.25) is 0 Å². The second-order valence-electron chi connectivity index (χ2n) is 5.76. The maximum atomic E-state index is 12.9. The van der Waals surface area contributed by atoms with Crippen molar-refractivity contribution in [3.63, 3.8) is 0 Å². The fourth-order valence-electron chi connectivity index (χ4n) is 3.22. The van der Waals surface area contributed by atoms with Crippen molar-refractivity contribution in [2.75, 3.05) is 23.8 Å². The lowest BCUT2D eigenvalue weighted by molar-refractivity contribution is -0.116. The topological polar surface area (TPSA) is 63.2 Å². The summed E-state index contributed by atoms with van der Waals surface area (Å²) in [5, 5.41) is 5.02. The van der Waals surface area contributed by atoms with Crippen molar-refractivity contribution in [3.8, 4) is 0 Å². The summed E-state index contributed by atoms with van der Waals surface area (Å²) in [4.78, 5) is 33.3. The Morgan fingerprint density at radius 3 is 2.00 bits per heavy atom. The van der Waals surface area contributed by atoms with Gasteiger partial charge < -0.3 is 27.1 Å². The van der Waals surface area contributed by atoms with E-state index < -0.39 is 7.26 Å². The third-order valence-electron chi connectivity index (χ3n) is 4.78. The molecule has 1 amide bonds. The first-order valence-electron chi connectivity index (χ1n) is 8.41. The standard InChI is InChI=1S/C17H28NO2PS.CH2O.BrH/c1-7-14(21(8-2,9-3)10-4)17(20)18-15-12(5)11-22-16(15)13(6)19;1-2;/h11,14H,7-10H2,1-6H3;1H2;1H. The summed E-state index contributed by atoms with van der Waals surface area (Å²) < 4.78 is 0. The number of amides is 1. The van der Waals surface area contributed by atoms with Crippen molar-refractivity contribution in [1.82, 2.24) is 0 Å². The van der Waals surface area contributed by atoms with Crippen LogP contribution in [0.5, 0.6) is 0 Å². The van der Waals surface area contributed by atoms with Gasteiger partial charge in [0.1, 0.15) is 12.4 Å². The number of anilines is 1. The highest BCUT2D eigenvalue weighted by Crippen LogP contribution is 2.63. The van der Waals surface area contributed by atoms with Crippen molar-refractivity contribution >= 4 is 42.8 Å². The molecule has 144 valence electrons. The summed E-state index contributed by atoms with van der Waals surface area (Å²) in [6, 6.07) is 0. The third-order valence-corrected chi connectivity index (χ3v) is 11.7. The van der Waals surface area contributed by atoms with Crippen LogP contribution >= 0.6 is 18.6 Å². The zero-order valence-corrected chi connectivity index (χ0v) is 19.4. The molecule has 1 atom stereocenters. The van der Waals surface area contributed by atoms with Crippen molar-refractivity contribution in [2.45, 2.75) is 53.6 Å². The van der Waals surface area contributed by atoms with Gasteiger partial charge in [-0.2, -0.15) is 0 Å². The summed E-state index contributed by atoms with van der Waals surface area (Å²) in [5.74, 6) is 0.120. The van der Waals surface area contributed by atoms with E-state index in [0.29, 0.717) is 4.88 Å².